The van der Waals surface area contributed by atoms with E-state index in [1.807, 2.05) is 6.92 Å². The quantitative estimate of drug-likeness (QED) is 0.697. The van der Waals surface area contributed by atoms with Gasteiger partial charge in [-0.1, -0.05) is 0 Å². The van der Waals surface area contributed by atoms with Gasteiger partial charge in [-0.15, -0.1) is 11.3 Å². The van der Waals surface area contributed by atoms with Gasteiger partial charge < -0.3 is 15.2 Å². The molecule has 2 N–H and O–H groups in total. The van der Waals surface area contributed by atoms with E-state index in [0.717, 1.165) is 19.6 Å². The molecule has 0 bridgehead atoms. The maximum Gasteiger partial charge on any atom is 0.355 e. The van der Waals surface area contributed by atoms with E-state index in [4.69, 9.17) is 9.84 Å². The molecule has 0 spiro atoms. The maximum absolute atomic E-state index is 10.5. The van der Waals surface area contributed by atoms with E-state index in [1.54, 1.807) is 0 Å². The SMILES string of the molecule is CCOCCCNc1nc(C(=O)O)cs1. The highest BCUT2D eigenvalue weighted by Gasteiger charge is 2.07. The summed E-state index contributed by atoms with van der Waals surface area (Å²) in [6.45, 7) is 4.13. The topological polar surface area (TPSA) is 71.5 Å². The molecule has 5 nitrogen and oxygen atoms in total. The summed E-state index contributed by atoms with van der Waals surface area (Å²) in [6.07, 6.45) is 0.885. The van der Waals surface area contributed by atoms with Crippen molar-refractivity contribution in [3.8, 4) is 0 Å². The van der Waals surface area contributed by atoms with Gasteiger partial charge in [0.15, 0.2) is 10.8 Å². The fourth-order valence-corrected chi connectivity index (χ4v) is 1.68. The lowest BCUT2D eigenvalue weighted by Crippen LogP contribution is -2.06. The number of aromatic carboxylic acids is 1. The number of hydrogen-bond donors (Lipinski definition) is 2. The number of nitrogens with one attached hydrogen (secondary N) is 1. The second kappa shape index (κ2) is 6.36. The molecule has 0 aliphatic carbocycles. The summed E-state index contributed by atoms with van der Waals surface area (Å²) in [5.41, 5.74) is 0.0901. The third-order valence-corrected chi connectivity index (χ3v) is 2.47. The van der Waals surface area contributed by atoms with Crippen molar-refractivity contribution in [3.05, 3.63) is 11.1 Å². The van der Waals surface area contributed by atoms with Crippen LogP contribution in [0.15, 0.2) is 5.38 Å². The van der Waals surface area contributed by atoms with Crippen molar-refractivity contribution in [3.63, 3.8) is 0 Å². The second-order valence-electron chi connectivity index (χ2n) is 2.82. The molecule has 6 heteroatoms. The molecule has 0 radical (unpaired) electrons. The van der Waals surface area contributed by atoms with E-state index in [1.165, 1.54) is 16.7 Å². The van der Waals surface area contributed by atoms with Crippen LogP contribution in [0.25, 0.3) is 0 Å². The largest absolute Gasteiger partial charge is 0.476 e. The van der Waals surface area contributed by atoms with E-state index in [2.05, 4.69) is 10.3 Å². The van der Waals surface area contributed by atoms with E-state index in [9.17, 15) is 4.79 Å². The molecule has 0 aliphatic heterocycles. The van der Waals surface area contributed by atoms with Gasteiger partial charge in [-0.05, 0) is 13.3 Å². The van der Waals surface area contributed by atoms with Crippen LogP contribution in [0.1, 0.15) is 23.8 Å². The van der Waals surface area contributed by atoms with Crippen LogP contribution >= 0.6 is 11.3 Å². The van der Waals surface area contributed by atoms with Crippen LogP contribution in [-0.2, 0) is 4.74 Å². The average molecular weight is 230 g/mol. The Bertz CT molecular complexity index is 314. The van der Waals surface area contributed by atoms with Crippen molar-refractivity contribution < 1.29 is 14.6 Å². The summed E-state index contributed by atoms with van der Waals surface area (Å²) in [4.78, 5) is 14.4. The number of nitrogens with zero attached hydrogens (tertiary/aromatic N) is 1. The summed E-state index contributed by atoms with van der Waals surface area (Å²) in [6, 6.07) is 0. The van der Waals surface area contributed by atoms with Gasteiger partial charge in [0.05, 0.1) is 0 Å². The molecule has 0 amide bonds. The Hall–Kier alpha value is -1.14. The van der Waals surface area contributed by atoms with E-state index in [-0.39, 0.29) is 5.69 Å². The molecule has 0 aromatic carbocycles. The van der Waals surface area contributed by atoms with Gasteiger partial charge in [0.25, 0.3) is 0 Å². The van der Waals surface area contributed by atoms with Crippen LogP contribution < -0.4 is 5.32 Å². The Kier molecular flexibility index (Phi) is 5.06. The Morgan fingerprint density at radius 3 is 3.13 bits per heavy atom. The van der Waals surface area contributed by atoms with Crippen molar-refractivity contribution >= 4 is 22.4 Å². The van der Waals surface area contributed by atoms with Gasteiger partial charge in [0.1, 0.15) is 0 Å². The lowest BCUT2D eigenvalue weighted by atomic mass is 10.4. The van der Waals surface area contributed by atoms with Crippen molar-refractivity contribution in [1.29, 1.82) is 0 Å². The van der Waals surface area contributed by atoms with Crippen LogP contribution in [0.5, 0.6) is 0 Å². The number of anilines is 1. The van der Waals surface area contributed by atoms with Crippen molar-refractivity contribution in [2.75, 3.05) is 25.1 Å². The van der Waals surface area contributed by atoms with Crippen LogP contribution in [0, 0.1) is 0 Å². The van der Waals surface area contributed by atoms with Crippen LogP contribution in [-0.4, -0.2) is 35.8 Å². The number of ether oxygens (including phenoxy) is 1. The summed E-state index contributed by atoms with van der Waals surface area (Å²) in [7, 11) is 0. The first-order valence-corrected chi connectivity index (χ1v) is 5.62. The number of thiazole rings is 1. The summed E-state index contributed by atoms with van der Waals surface area (Å²) >= 11 is 1.30. The van der Waals surface area contributed by atoms with Crippen LogP contribution in [0.4, 0.5) is 5.13 Å². The van der Waals surface area contributed by atoms with Crippen molar-refractivity contribution in [2.24, 2.45) is 0 Å². The maximum atomic E-state index is 10.5. The number of rotatable bonds is 7. The zero-order valence-corrected chi connectivity index (χ0v) is 9.34. The number of aromatic nitrogens is 1. The second-order valence-corrected chi connectivity index (χ2v) is 3.68. The Labute approximate surface area is 92.1 Å². The van der Waals surface area contributed by atoms with E-state index >= 15 is 0 Å². The highest BCUT2D eigenvalue weighted by molar-refractivity contribution is 7.13. The minimum Gasteiger partial charge on any atom is -0.476 e. The molecule has 1 heterocycles. The van der Waals surface area contributed by atoms with Crippen LogP contribution in [0.3, 0.4) is 0 Å². The molecule has 1 aromatic heterocycles. The van der Waals surface area contributed by atoms with Crippen molar-refractivity contribution in [2.45, 2.75) is 13.3 Å². The molecule has 0 fully saturated rings. The first-order chi connectivity index (χ1) is 7.24. The summed E-state index contributed by atoms with van der Waals surface area (Å²) < 4.78 is 5.16. The average Bonchev–Trinajstić information content (AvgIpc) is 2.66. The van der Waals surface area contributed by atoms with Gasteiger partial charge in [0, 0.05) is 25.1 Å². The molecule has 0 unspecified atom stereocenters. The molecule has 0 saturated heterocycles. The Morgan fingerprint density at radius 2 is 2.53 bits per heavy atom. The summed E-state index contributed by atoms with van der Waals surface area (Å²) in [5, 5.41) is 13.8. The smallest absolute Gasteiger partial charge is 0.355 e. The zero-order valence-electron chi connectivity index (χ0n) is 8.52. The van der Waals surface area contributed by atoms with Gasteiger partial charge in [-0.3, -0.25) is 0 Å². The molecule has 1 rings (SSSR count). The molecule has 1 aromatic rings. The Balaban J connectivity index is 2.23. The third kappa shape index (κ3) is 4.26. The van der Waals surface area contributed by atoms with Gasteiger partial charge >= 0.3 is 5.97 Å². The predicted octanol–water partition coefficient (Wildman–Crippen LogP) is 1.68. The van der Waals surface area contributed by atoms with Gasteiger partial charge in [0.2, 0.25) is 0 Å². The van der Waals surface area contributed by atoms with E-state index < -0.39 is 5.97 Å². The number of hydrogen-bond acceptors (Lipinski definition) is 5. The van der Waals surface area contributed by atoms with Gasteiger partial charge in [-0.25, -0.2) is 9.78 Å². The molecule has 0 atom stereocenters. The lowest BCUT2D eigenvalue weighted by Gasteiger charge is -2.02. The highest BCUT2D eigenvalue weighted by atomic mass is 32.1. The predicted molar refractivity (Wildman–Crippen MR) is 58.7 cm³/mol. The molecule has 84 valence electrons. The normalized spacial score (nSPS) is 10.2. The van der Waals surface area contributed by atoms with Crippen molar-refractivity contribution in [1.82, 2.24) is 4.98 Å². The standard InChI is InChI=1S/C9H14N2O3S/c1-2-14-5-3-4-10-9-11-7(6-15-9)8(12)13/h6H,2-5H2,1H3,(H,10,11)(H,12,13). The molecular formula is C9H14N2O3S. The minimum absolute atomic E-state index is 0.0901. The van der Waals surface area contributed by atoms with E-state index in [0.29, 0.717) is 11.7 Å². The number of carboxylic acid groups (broad SMARTS) is 1. The zero-order chi connectivity index (χ0) is 11.1. The Morgan fingerprint density at radius 1 is 1.73 bits per heavy atom. The number of carboxylic acids is 1. The highest BCUT2D eigenvalue weighted by Crippen LogP contribution is 2.14. The monoisotopic (exact) mass is 230 g/mol. The number of carbonyl (C=O) groups is 1. The first-order valence-electron chi connectivity index (χ1n) is 4.74. The summed E-state index contributed by atoms with van der Waals surface area (Å²) in [5.74, 6) is -0.992. The fraction of sp³-hybridized carbons (Fsp3) is 0.556. The molecule has 15 heavy (non-hydrogen) atoms. The first kappa shape index (κ1) is 11.9. The molecule has 0 saturated carbocycles. The van der Waals surface area contributed by atoms with Crippen LogP contribution in [0.2, 0.25) is 0 Å². The molecule has 0 aliphatic rings. The third-order valence-electron chi connectivity index (χ3n) is 1.67. The molecular weight excluding hydrogens is 216 g/mol. The minimum atomic E-state index is -0.992. The van der Waals surface area contributed by atoms with Gasteiger partial charge in [-0.2, -0.15) is 0 Å². The lowest BCUT2D eigenvalue weighted by molar-refractivity contribution is 0.0691. The fourth-order valence-electron chi connectivity index (χ4n) is 0.967.